The summed E-state index contributed by atoms with van der Waals surface area (Å²) in [6.45, 7) is 2.29. The standard InChI is InChI=1S/C19H17IN2O3S/c1-3-25-16-11-12(9-14(20)17(16)23)10-15-18(24)22(19(26)21(15)2)13-7-5-4-6-8-13/h4-11,23H,3H2,1-2H3/b15-10-. The Morgan fingerprint density at radius 1 is 1.27 bits per heavy atom. The van der Waals surface area contributed by atoms with Crippen LogP contribution in [0.15, 0.2) is 48.2 Å². The van der Waals surface area contributed by atoms with Crippen LogP contribution in [0.2, 0.25) is 0 Å². The van der Waals surface area contributed by atoms with Crippen molar-refractivity contribution < 1.29 is 14.6 Å². The molecule has 134 valence electrons. The highest BCUT2D eigenvalue weighted by molar-refractivity contribution is 14.1. The molecule has 0 radical (unpaired) electrons. The van der Waals surface area contributed by atoms with Crippen molar-refractivity contribution in [3.05, 3.63) is 57.3 Å². The number of carbonyl (C=O) groups is 1. The van der Waals surface area contributed by atoms with Crippen LogP contribution in [0.3, 0.4) is 0 Å². The smallest absolute Gasteiger partial charge is 0.281 e. The minimum Gasteiger partial charge on any atom is -0.504 e. The Bertz CT molecular complexity index is 899. The highest BCUT2D eigenvalue weighted by atomic mass is 127. The molecule has 1 N–H and O–H groups in total. The van der Waals surface area contributed by atoms with Gasteiger partial charge >= 0.3 is 0 Å². The topological polar surface area (TPSA) is 53.0 Å². The number of anilines is 1. The van der Waals surface area contributed by atoms with E-state index in [0.717, 1.165) is 11.3 Å². The second-order valence-corrected chi connectivity index (χ2v) is 7.16. The van der Waals surface area contributed by atoms with Crippen molar-refractivity contribution >= 4 is 57.6 Å². The monoisotopic (exact) mass is 480 g/mol. The quantitative estimate of drug-likeness (QED) is 0.408. The molecule has 1 aliphatic heterocycles. The summed E-state index contributed by atoms with van der Waals surface area (Å²) in [7, 11) is 1.77. The Morgan fingerprint density at radius 3 is 2.62 bits per heavy atom. The molecule has 0 bridgehead atoms. The van der Waals surface area contributed by atoms with Crippen LogP contribution >= 0.6 is 34.8 Å². The van der Waals surface area contributed by atoms with E-state index in [4.69, 9.17) is 17.0 Å². The molecule has 5 nitrogen and oxygen atoms in total. The number of para-hydroxylation sites is 1. The van der Waals surface area contributed by atoms with Crippen molar-refractivity contribution in [1.82, 2.24) is 4.90 Å². The van der Waals surface area contributed by atoms with Gasteiger partial charge in [-0.1, -0.05) is 18.2 Å². The lowest BCUT2D eigenvalue weighted by molar-refractivity contribution is -0.114. The number of likely N-dealkylation sites (N-methyl/N-ethyl adjacent to an activating group) is 1. The van der Waals surface area contributed by atoms with E-state index in [2.05, 4.69) is 0 Å². The number of hydrogen-bond donors (Lipinski definition) is 1. The lowest BCUT2D eigenvalue weighted by atomic mass is 10.1. The molecule has 0 aromatic heterocycles. The number of nitrogens with zero attached hydrogens (tertiary/aromatic N) is 2. The first-order chi connectivity index (χ1) is 12.4. The molecule has 1 fully saturated rings. The number of benzene rings is 2. The number of hydrogen-bond acceptors (Lipinski definition) is 4. The van der Waals surface area contributed by atoms with Gasteiger partial charge in [-0.25, -0.2) is 0 Å². The fourth-order valence-electron chi connectivity index (χ4n) is 2.66. The second kappa shape index (κ2) is 7.63. The summed E-state index contributed by atoms with van der Waals surface area (Å²) in [6, 6.07) is 12.8. The van der Waals surface area contributed by atoms with Gasteiger partial charge in [-0.05, 0) is 77.6 Å². The van der Waals surface area contributed by atoms with E-state index >= 15 is 0 Å². The highest BCUT2D eigenvalue weighted by Gasteiger charge is 2.36. The Balaban J connectivity index is 2.01. The molecule has 1 aliphatic rings. The summed E-state index contributed by atoms with van der Waals surface area (Å²) in [5.74, 6) is 0.300. The molecule has 0 spiro atoms. The Hall–Kier alpha value is -2.13. The van der Waals surface area contributed by atoms with E-state index in [1.165, 1.54) is 4.90 Å². The molecule has 7 heteroatoms. The number of ether oxygens (including phenoxy) is 1. The number of amides is 1. The normalized spacial score (nSPS) is 15.9. The van der Waals surface area contributed by atoms with E-state index < -0.39 is 0 Å². The van der Waals surface area contributed by atoms with Crippen LogP contribution in [0.5, 0.6) is 11.5 Å². The molecular formula is C19H17IN2O3S. The third-order valence-corrected chi connectivity index (χ3v) is 5.21. The fraction of sp³-hybridized carbons (Fsp3) is 0.158. The minimum atomic E-state index is -0.190. The molecule has 1 amide bonds. The number of carbonyl (C=O) groups excluding carboxylic acids is 1. The summed E-state index contributed by atoms with van der Waals surface area (Å²) >= 11 is 7.49. The number of aromatic hydroxyl groups is 1. The maximum Gasteiger partial charge on any atom is 0.281 e. The Kier molecular flexibility index (Phi) is 5.47. The summed E-state index contributed by atoms with van der Waals surface area (Å²) in [6.07, 6.45) is 1.75. The van der Waals surface area contributed by atoms with Crippen molar-refractivity contribution in [1.29, 1.82) is 0 Å². The van der Waals surface area contributed by atoms with Crippen LogP contribution in [0.4, 0.5) is 5.69 Å². The second-order valence-electron chi connectivity index (χ2n) is 5.63. The number of thiocarbonyl (C=S) groups is 1. The van der Waals surface area contributed by atoms with Crippen LogP contribution in [0, 0.1) is 3.57 Å². The van der Waals surface area contributed by atoms with E-state index in [1.54, 1.807) is 30.2 Å². The number of phenolic OH excluding ortho intramolecular Hbond substituents is 1. The largest absolute Gasteiger partial charge is 0.504 e. The maximum absolute atomic E-state index is 12.9. The van der Waals surface area contributed by atoms with Gasteiger partial charge < -0.3 is 14.7 Å². The molecule has 0 atom stereocenters. The number of phenols is 1. The van der Waals surface area contributed by atoms with Crippen molar-refractivity contribution in [2.24, 2.45) is 0 Å². The van der Waals surface area contributed by atoms with Gasteiger partial charge in [-0.3, -0.25) is 9.69 Å². The molecule has 2 aromatic carbocycles. The molecule has 0 aliphatic carbocycles. The van der Waals surface area contributed by atoms with Gasteiger partial charge in [-0.15, -0.1) is 0 Å². The molecule has 26 heavy (non-hydrogen) atoms. The molecule has 1 heterocycles. The summed E-state index contributed by atoms with van der Waals surface area (Å²) in [5, 5.41) is 10.5. The fourth-order valence-corrected chi connectivity index (χ4v) is 3.57. The zero-order valence-electron chi connectivity index (χ0n) is 14.3. The average molecular weight is 480 g/mol. The van der Waals surface area contributed by atoms with Gasteiger partial charge in [0.1, 0.15) is 5.70 Å². The first kappa shape index (κ1) is 18.7. The van der Waals surface area contributed by atoms with E-state index in [0.29, 0.717) is 26.7 Å². The zero-order valence-corrected chi connectivity index (χ0v) is 17.2. The molecule has 3 rings (SSSR count). The van der Waals surface area contributed by atoms with Gasteiger partial charge in [0.15, 0.2) is 16.6 Å². The van der Waals surface area contributed by atoms with Gasteiger partial charge in [0.05, 0.1) is 15.9 Å². The summed E-state index contributed by atoms with van der Waals surface area (Å²) in [4.78, 5) is 16.1. The first-order valence-corrected chi connectivity index (χ1v) is 9.47. The summed E-state index contributed by atoms with van der Waals surface area (Å²) < 4.78 is 6.12. The third-order valence-electron chi connectivity index (χ3n) is 3.93. The summed E-state index contributed by atoms with van der Waals surface area (Å²) in [5.41, 5.74) is 1.94. The molecule has 0 unspecified atom stereocenters. The zero-order chi connectivity index (χ0) is 18.8. The molecule has 2 aromatic rings. The van der Waals surface area contributed by atoms with Gasteiger partial charge in [-0.2, -0.15) is 0 Å². The van der Waals surface area contributed by atoms with Crippen molar-refractivity contribution in [2.75, 3.05) is 18.6 Å². The Morgan fingerprint density at radius 2 is 1.96 bits per heavy atom. The minimum absolute atomic E-state index is 0.0992. The van der Waals surface area contributed by atoms with Crippen molar-refractivity contribution in [3.63, 3.8) is 0 Å². The molecule has 1 saturated heterocycles. The van der Waals surface area contributed by atoms with E-state index in [9.17, 15) is 9.90 Å². The maximum atomic E-state index is 12.9. The van der Waals surface area contributed by atoms with Crippen molar-refractivity contribution in [2.45, 2.75) is 6.92 Å². The molecular weight excluding hydrogens is 463 g/mol. The first-order valence-electron chi connectivity index (χ1n) is 7.98. The lowest BCUT2D eigenvalue weighted by Gasteiger charge is -2.16. The predicted molar refractivity (Wildman–Crippen MR) is 114 cm³/mol. The van der Waals surface area contributed by atoms with Gasteiger partial charge in [0, 0.05) is 7.05 Å². The Labute approximate surface area is 171 Å². The van der Waals surface area contributed by atoms with Crippen LogP contribution in [-0.4, -0.2) is 34.7 Å². The molecule has 0 saturated carbocycles. The highest BCUT2D eigenvalue weighted by Crippen LogP contribution is 2.34. The predicted octanol–water partition coefficient (Wildman–Crippen LogP) is 4.00. The van der Waals surface area contributed by atoms with E-state index in [-0.39, 0.29) is 11.7 Å². The van der Waals surface area contributed by atoms with Crippen LogP contribution in [-0.2, 0) is 4.79 Å². The van der Waals surface area contributed by atoms with Crippen molar-refractivity contribution in [3.8, 4) is 11.5 Å². The third kappa shape index (κ3) is 3.41. The lowest BCUT2D eigenvalue weighted by Crippen LogP contribution is -2.30. The SMILES string of the molecule is CCOc1cc(/C=C2/C(=O)N(c3ccccc3)C(=S)N2C)cc(I)c1O. The van der Waals surface area contributed by atoms with Crippen LogP contribution in [0.1, 0.15) is 12.5 Å². The van der Waals surface area contributed by atoms with Crippen LogP contribution < -0.4 is 9.64 Å². The van der Waals surface area contributed by atoms with Gasteiger partial charge in [0.25, 0.3) is 5.91 Å². The van der Waals surface area contributed by atoms with Gasteiger partial charge in [0.2, 0.25) is 0 Å². The average Bonchev–Trinajstić information content (AvgIpc) is 2.83. The number of rotatable bonds is 4. The van der Waals surface area contributed by atoms with Crippen LogP contribution in [0.25, 0.3) is 6.08 Å². The van der Waals surface area contributed by atoms with E-state index in [1.807, 2.05) is 59.8 Å². The number of halogens is 1.